The van der Waals surface area contributed by atoms with E-state index in [0.717, 1.165) is 5.70 Å². The molecular weight excluding hydrogens is 260 g/mol. The standard InChI is InChI=1S/C13H22N4O3/c1-9-7-13(4,19-6)17-15-11(3)12(18-5)10(2)14-8-20-16-9/h7,16H,8H2,1-6H3/b9-7-,12-11+,14-10+,17-15?/t13-/m1/s1. The van der Waals surface area contributed by atoms with Crippen molar-refractivity contribution in [2.75, 3.05) is 21.0 Å². The SMILES string of the molecule is COC1=C(\C)N=N[C@](C)(OC)/C=C(/C)NOC\N=C\1C. The molecule has 20 heavy (non-hydrogen) atoms. The number of rotatable bonds is 2. The first kappa shape index (κ1) is 16.3. The van der Waals surface area contributed by atoms with Gasteiger partial charge in [-0.3, -0.25) is 15.3 Å². The van der Waals surface area contributed by atoms with E-state index in [9.17, 15) is 0 Å². The van der Waals surface area contributed by atoms with Gasteiger partial charge < -0.3 is 9.47 Å². The first-order valence-electron chi connectivity index (χ1n) is 6.23. The van der Waals surface area contributed by atoms with Crippen molar-refractivity contribution in [2.24, 2.45) is 15.2 Å². The van der Waals surface area contributed by atoms with Gasteiger partial charge in [0.2, 0.25) is 0 Å². The van der Waals surface area contributed by atoms with Gasteiger partial charge in [0.25, 0.3) is 0 Å². The molecule has 0 bridgehead atoms. The minimum Gasteiger partial charge on any atom is -0.493 e. The first-order valence-corrected chi connectivity index (χ1v) is 6.23. The molecule has 0 radical (unpaired) electrons. The number of methoxy groups -OCH3 is 2. The molecule has 1 aliphatic rings. The Morgan fingerprint density at radius 1 is 1.30 bits per heavy atom. The predicted octanol–water partition coefficient (Wildman–Crippen LogP) is 2.54. The van der Waals surface area contributed by atoms with E-state index in [1.165, 1.54) is 0 Å². The molecule has 0 aromatic rings. The summed E-state index contributed by atoms with van der Waals surface area (Å²) in [5.41, 5.74) is 3.95. The second-order valence-corrected chi connectivity index (χ2v) is 4.52. The molecule has 1 heterocycles. The zero-order valence-electron chi connectivity index (χ0n) is 12.9. The van der Waals surface area contributed by atoms with Gasteiger partial charge in [0.15, 0.2) is 18.2 Å². The summed E-state index contributed by atoms with van der Waals surface area (Å²) in [6.07, 6.45) is 1.77. The van der Waals surface area contributed by atoms with Crippen molar-refractivity contribution in [1.29, 1.82) is 0 Å². The van der Waals surface area contributed by atoms with Crippen molar-refractivity contribution in [3.63, 3.8) is 0 Å². The van der Waals surface area contributed by atoms with E-state index in [1.807, 2.05) is 13.8 Å². The number of hydroxylamine groups is 1. The summed E-state index contributed by atoms with van der Waals surface area (Å²) < 4.78 is 10.7. The maximum Gasteiger partial charge on any atom is 0.197 e. The van der Waals surface area contributed by atoms with Gasteiger partial charge in [0.05, 0.1) is 12.8 Å². The molecule has 0 saturated carbocycles. The van der Waals surface area contributed by atoms with Crippen molar-refractivity contribution in [1.82, 2.24) is 5.48 Å². The Morgan fingerprint density at radius 3 is 2.60 bits per heavy atom. The molecule has 0 unspecified atom stereocenters. The van der Waals surface area contributed by atoms with E-state index >= 15 is 0 Å². The van der Waals surface area contributed by atoms with Gasteiger partial charge in [-0.25, -0.2) is 0 Å². The van der Waals surface area contributed by atoms with Gasteiger partial charge in [-0.05, 0) is 33.8 Å². The Bertz CT molecular complexity index is 468. The van der Waals surface area contributed by atoms with Gasteiger partial charge in [-0.15, -0.1) is 5.11 Å². The molecule has 1 rings (SSSR count). The smallest absolute Gasteiger partial charge is 0.197 e. The second-order valence-electron chi connectivity index (χ2n) is 4.52. The van der Waals surface area contributed by atoms with Crippen LogP contribution in [0.2, 0.25) is 0 Å². The molecule has 7 nitrogen and oxygen atoms in total. The van der Waals surface area contributed by atoms with Gasteiger partial charge in [0, 0.05) is 12.8 Å². The molecule has 1 atom stereocenters. The summed E-state index contributed by atoms with van der Waals surface area (Å²) >= 11 is 0. The number of aliphatic imine (C=N–C) groups is 1. The molecule has 0 saturated heterocycles. The van der Waals surface area contributed by atoms with Gasteiger partial charge in [-0.2, -0.15) is 5.11 Å². The molecule has 1 N–H and O–H groups in total. The maximum atomic E-state index is 5.37. The molecular formula is C13H22N4O3. The van der Waals surface area contributed by atoms with E-state index in [1.54, 1.807) is 34.1 Å². The second kappa shape index (κ2) is 7.16. The highest BCUT2D eigenvalue weighted by Gasteiger charge is 2.21. The highest BCUT2D eigenvalue weighted by Crippen LogP contribution is 2.19. The average molecular weight is 282 g/mol. The quantitative estimate of drug-likeness (QED) is 0.844. The average Bonchev–Trinajstić information content (AvgIpc) is 2.41. The van der Waals surface area contributed by atoms with E-state index in [-0.39, 0.29) is 6.73 Å². The van der Waals surface area contributed by atoms with Crippen molar-refractivity contribution >= 4 is 5.71 Å². The van der Waals surface area contributed by atoms with Gasteiger partial charge in [-0.1, -0.05) is 0 Å². The number of nitrogens with zero attached hydrogens (tertiary/aromatic N) is 3. The summed E-state index contributed by atoms with van der Waals surface area (Å²) in [4.78, 5) is 9.48. The fourth-order valence-corrected chi connectivity index (χ4v) is 1.68. The van der Waals surface area contributed by atoms with Crippen molar-refractivity contribution in [3.8, 4) is 0 Å². The first-order chi connectivity index (χ1) is 9.41. The normalized spacial score (nSPS) is 33.9. The number of allylic oxidation sites excluding steroid dienone is 3. The topological polar surface area (TPSA) is 76.8 Å². The lowest BCUT2D eigenvalue weighted by Gasteiger charge is -2.20. The number of hydrogen-bond donors (Lipinski definition) is 1. The molecule has 112 valence electrons. The Balaban J connectivity index is 3.24. The zero-order chi connectivity index (χ0) is 15.2. The molecule has 0 amide bonds. The number of ether oxygens (including phenoxy) is 2. The Kier molecular flexibility index (Phi) is 5.84. The minimum absolute atomic E-state index is 0.165. The maximum absolute atomic E-state index is 5.37. The fraction of sp³-hybridized carbons (Fsp3) is 0.615. The van der Waals surface area contributed by atoms with Gasteiger partial charge in [0.1, 0.15) is 5.70 Å². The molecule has 0 spiro atoms. The fourth-order valence-electron chi connectivity index (χ4n) is 1.68. The predicted molar refractivity (Wildman–Crippen MR) is 75.9 cm³/mol. The van der Waals surface area contributed by atoms with Crippen molar-refractivity contribution in [3.05, 3.63) is 23.2 Å². The third-order valence-corrected chi connectivity index (χ3v) is 2.76. The highest BCUT2D eigenvalue weighted by atomic mass is 16.7. The van der Waals surface area contributed by atoms with Crippen LogP contribution < -0.4 is 5.48 Å². The van der Waals surface area contributed by atoms with Crippen LogP contribution in [0.4, 0.5) is 0 Å². The number of hydrogen-bond acceptors (Lipinski definition) is 7. The summed E-state index contributed by atoms with van der Waals surface area (Å²) in [5, 5.41) is 8.39. The lowest BCUT2D eigenvalue weighted by Crippen LogP contribution is -2.24. The van der Waals surface area contributed by atoms with Crippen LogP contribution in [0, 0.1) is 0 Å². The zero-order valence-corrected chi connectivity index (χ0v) is 12.9. The molecule has 1 aliphatic heterocycles. The van der Waals surface area contributed by atoms with E-state index in [0.29, 0.717) is 17.2 Å². The third kappa shape index (κ3) is 4.43. The summed E-state index contributed by atoms with van der Waals surface area (Å²) in [5.74, 6) is 0.567. The molecule has 0 aromatic heterocycles. The minimum atomic E-state index is -0.884. The Labute approximate surface area is 119 Å². The summed E-state index contributed by atoms with van der Waals surface area (Å²) in [6.45, 7) is 7.44. The lowest BCUT2D eigenvalue weighted by atomic mass is 10.2. The molecule has 7 heteroatoms. The molecule has 0 aliphatic carbocycles. The van der Waals surface area contributed by atoms with Crippen LogP contribution in [0.1, 0.15) is 27.7 Å². The van der Waals surface area contributed by atoms with Crippen LogP contribution in [0.5, 0.6) is 0 Å². The van der Waals surface area contributed by atoms with Crippen molar-refractivity contribution in [2.45, 2.75) is 33.4 Å². The van der Waals surface area contributed by atoms with Gasteiger partial charge >= 0.3 is 0 Å². The number of nitrogens with one attached hydrogen (secondary N) is 1. The van der Waals surface area contributed by atoms with Crippen LogP contribution in [0.15, 0.2) is 38.5 Å². The van der Waals surface area contributed by atoms with Crippen LogP contribution in [-0.2, 0) is 14.3 Å². The monoisotopic (exact) mass is 282 g/mol. The Hall–Kier alpha value is -1.73. The summed E-state index contributed by atoms with van der Waals surface area (Å²) in [7, 11) is 3.14. The molecule has 0 fully saturated rings. The summed E-state index contributed by atoms with van der Waals surface area (Å²) in [6, 6.07) is 0. The third-order valence-electron chi connectivity index (χ3n) is 2.76. The van der Waals surface area contributed by atoms with Crippen LogP contribution in [-0.4, -0.2) is 32.4 Å². The highest BCUT2D eigenvalue weighted by molar-refractivity contribution is 5.96. The van der Waals surface area contributed by atoms with E-state index in [2.05, 4.69) is 20.7 Å². The number of azo groups is 1. The van der Waals surface area contributed by atoms with Crippen molar-refractivity contribution < 1.29 is 14.3 Å². The lowest BCUT2D eigenvalue weighted by molar-refractivity contribution is 0.0411. The van der Waals surface area contributed by atoms with E-state index in [4.69, 9.17) is 14.3 Å². The molecule has 0 aromatic carbocycles. The largest absolute Gasteiger partial charge is 0.493 e. The van der Waals surface area contributed by atoms with E-state index < -0.39 is 5.72 Å². The van der Waals surface area contributed by atoms with Crippen LogP contribution >= 0.6 is 0 Å². The van der Waals surface area contributed by atoms with Crippen LogP contribution in [0.3, 0.4) is 0 Å². The van der Waals surface area contributed by atoms with Crippen LogP contribution in [0.25, 0.3) is 0 Å². The Morgan fingerprint density at radius 2 is 2.00 bits per heavy atom.